The van der Waals surface area contributed by atoms with Crippen LogP contribution in [0.2, 0.25) is 0 Å². The highest BCUT2D eigenvalue weighted by molar-refractivity contribution is 9.10. The Kier molecular flexibility index (Phi) is 4.55. The van der Waals surface area contributed by atoms with Crippen molar-refractivity contribution in [2.24, 2.45) is 0 Å². The summed E-state index contributed by atoms with van der Waals surface area (Å²) in [6.07, 6.45) is 3.81. The van der Waals surface area contributed by atoms with Gasteiger partial charge in [-0.15, -0.1) is 0 Å². The van der Waals surface area contributed by atoms with Gasteiger partial charge in [-0.05, 0) is 25.5 Å². The first kappa shape index (κ1) is 13.3. The van der Waals surface area contributed by atoms with Crippen LogP contribution < -0.4 is 5.32 Å². The quantitative estimate of drug-likeness (QED) is 0.916. The number of nitrogens with one attached hydrogen (secondary N) is 1. The van der Waals surface area contributed by atoms with E-state index in [1.54, 1.807) is 0 Å². The van der Waals surface area contributed by atoms with Crippen molar-refractivity contribution >= 4 is 15.9 Å². The van der Waals surface area contributed by atoms with Crippen LogP contribution in [0.5, 0.6) is 0 Å². The summed E-state index contributed by atoms with van der Waals surface area (Å²) in [6, 6.07) is 8.72. The molecular formula is C14H18BrN3. The highest BCUT2D eigenvalue weighted by atomic mass is 79.9. The van der Waals surface area contributed by atoms with Gasteiger partial charge >= 0.3 is 0 Å². The van der Waals surface area contributed by atoms with E-state index in [9.17, 15) is 0 Å². The van der Waals surface area contributed by atoms with Gasteiger partial charge in [0, 0.05) is 29.8 Å². The Balaban J connectivity index is 1.93. The van der Waals surface area contributed by atoms with E-state index >= 15 is 0 Å². The molecule has 0 aliphatic heterocycles. The van der Waals surface area contributed by atoms with Gasteiger partial charge in [-0.25, -0.2) is 4.98 Å². The Labute approximate surface area is 116 Å². The van der Waals surface area contributed by atoms with Crippen LogP contribution in [0.4, 0.5) is 0 Å². The highest BCUT2D eigenvalue weighted by Gasteiger charge is 2.05. The molecule has 0 aliphatic carbocycles. The van der Waals surface area contributed by atoms with Gasteiger partial charge in [0.05, 0.1) is 12.0 Å². The lowest BCUT2D eigenvalue weighted by molar-refractivity contribution is 0.550. The molecule has 1 aromatic carbocycles. The Morgan fingerprint density at radius 1 is 1.28 bits per heavy atom. The third-order valence-electron chi connectivity index (χ3n) is 2.88. The zero-order valence-electron chi connectivity index (χ0n) is 10.7. The molecule has 0 unspecified atom stereocenters. The van der Waals surface area contributed by atoms with Crippen LogP contribution in [0.25, 0.3) is 0 Å². The van der Waals surface area contributed by atoms with Crippen LogP contribution in [0.15, 0.2) is 41.3 Å². The van der Waals surface area contributed by atoms with Gasteiger partial charge in [-0.3, -0.25) is 0 Å². The molecule has 0 saturated carbocycles. The van der Waals surface area contributed by atoms with Crippen molar-refractivity contribution in [3.8, 4) is 0 Å². The van der Waals surface area contributed by atoms with Gasteiger partial charge in [-0.1, -0.05) is 34.1 Å². The van der Waals surface area contributed by atoms with E-state index < -0.39 is 0 Å². The molecule has 0 aliphatic rings. The van der Waals surface area contributed by atoms with Crippen molar-refractivity contribution in [3.05, 3.63) is 52.5 Å². The minimum absolute atomic E-state index is 0.452. The second-order valence-electron chi connectivity index (χ2n) is 4.58. The molecule has 0 spiro atoms. The van der Waals surface area contributed by atoms with Gasteiger partial charge < -0.3 is 9.88 Å². The van der Waals surface area contributed by atoms with Crippen LogP contribution in [-0.2, 0) is 13.1 Å². The predicted octanol–water partition coefficient (Wildman–Crippen LogP) is 3.52. The summed E-state index contributed by atoms with van der Waals surface area (Å²) < 4.78 is 3.34. The molecule has 0 radical (unpaired) electrons. The number of benzene rings is 1. The molecule has 1 aromatic heterocycles. The Morgan fingerprint density at radius 2 is 2.06 bits per heavy atom. The maximum Gasteiger partial charge on any atom is 0.0951 e. The molecule has 18 heavy (non-hydrogen) atoms. The maximum atomic E-state index is 4.20. The van der Waals surface area contributed by atoms with E-state index in [1.807, 2.05) is 18.6 Å². The third-order valence-corrected chi connectivity index (χ3v) is 3.66. The summed E-state index contributed by atoms with van der Waals surface area (Å²) in [7, 11) is 0. The number of aromatic nitrogens is 2. The lowest BCUT2D eigenvalue weighted by Gasteiger charge is -2.12. The Morgan fingerprint density at radius 3 is 2.78 bits per heavy atom. The van der Waals surface area contributed by atoms with Crippen LogP contribution in [-0.4, -0.2) is 9.55 Å². The minimum Gasteiger partial charge on any atom is -0.331 e. The lowest BCUT2D eigenvalue weighted by Crippen LogP contribution is -2.16. The van der Waals surface area contributed by atoms with E-state index in [1.165, 1.54) is 11.3 Å². The summed E-state index contributed by atoms with van der Waals surface area (Å²) in [5, 5.41) is 3.45. The fourth-order valence-corrected chi connectivity index (χ4v) is 2.33. The van der Waals surface area contributed by atoms with E-state index in [2.05, 4.69) is 62.8 Å². The van der Waals surface area contributed by atoms with Gasteiger partial charge in [0.25, 0.3) is 0 Å². The molecular weight excluding hydrogens is 290 g/mol. The van der Waals surface area contributed by atoms with E-state index in [0.29, 0.717) is 6.04 Å². The molecule has 4 heteroatoms. The first-order valence-electron chi connectivity index (χ1n) is 6.13. The number of halogens is 1. The fourth-order valence-electron chi connectivity index (χ4n) is 1.90. The molecule has 3 nitrogen and oxygen atoms in total. The Bertz CT molecular complexity index is 505. The van der Waals surface area contributed by atoms with Gasteiger partial charge in [0.1, 0.15) is 0 Å². The van der Waals surface area contributed by atoms with Crippen molar-refractivity contribution < 1.29 is 0 Å². The minimum atomic E-state index is 0.452. The summed E-state index contributed by atoms with van der Waals surface area (Å²) in [5.41, 5.74) is 2.49. The van der Waals surface area contributed by atoms with Crippen molar-refractivity contribution in [3.63, 3.8) is 0 Å². The standard InChI is InChI=1S/C14H18BrN3/c1-11(2)18-10-17-9-13(18)8-16-7-12-5-3-4-6-14(12)15/h3-6,9-11,16H,7-8H2,1-2H3. The molecule has 0 amide bonds. The summed E-state index contributed by atoms with van der Waals surface area (Å²) in [4.78, 5) is 4.20. The lowest BCUT2D eigenvalue weighted by atomic mass is 10.2. The molecule has 96 valence electrons. The number of hydrogen-bond donors (Lipinski definition) is 1. The highest BCUT2D eigenvalue weighted by Crippen LogP contribution is 2.15. The molecule has 0 atom stereocenters. The van der Waals surface area contributed by atoms with Crippen LogP contribution >= 0.6 is 15.9 Å². The summed E-state index contributed by atoms with van der Waals surface area (Å²) in [5.74, 6) is 0. The number of hydrogen-bond acceptors (Lipinski definition) is 2. The fraction of sp³-hybridized carbons (Fsp3) is 0.357. The van der Waals surface area contributed by atoms with E-state index in [4.69, 9.17) is 0 Å². The summed E-state index contributed by atoms with van der Waals surface area (Å²) in [6.45, 7) is 6.02. The average molecular weight is 308 g/mol. The molecule has 2 aromatic rings. The van der Waals surface area contributed by atoms with E-state index in [0.717, 1.165) is 17.6 Å². The van der Waals surface area contributed by atoms with Crippen molar-refractivity contribution in [1.29, 1.82) is 0 Å². The topological polar surface area (TPSA) is 29.9 Å². The zero-order chi connectivity index (χ0) is 13.0. The number of imidazole rings is 1. The average Bonchev–Trinajstić information content (AvgIpc) is 2.80. The predicted molar refractivity (Wildman–Crippen MR) is 77.3 cm³/mol. The van der Waals surface area contributed by atoms with Gasteiger partial charge in [0.15, 0.2) is 0 Å². The van der Waals surface area contributed by atoms with Crippen molar-refractivity contribution in [2.75, 3.05) is 0 Å². The van der Waals surface area contributed by atoms with E-state index in [-0.39, 0.29) is 0 Å². The summed E-state index contributed by atoms with van der Waals surface area (Å²) >= 11 is 3.56. The first-order valence-corrected chi connectivity index (χ1v) is 6.92. The molecule has 0 saturated heterocycles. The largest absolute Gasteiger partial charge is 0.331 e. The maximum absolute atomic E-state index is 4.20. The molecule has 1 N–H and O–H groups in total. The second-order valence-corrected chi connectivity index (χ2v) is 5.44. The zero-order valence-corrected chi connectivity index (χ0v) is 12.3. The van der Waals surface area contributed by atoms with Crippen LogP contribution in [0.3, 0.4) is 0 Å². The SMILES string of the molecule is CC(C)n1cncc1CNCc1ccccc1Br. The van der Waals surface area contributed by atoms with Crippen LogP contribution in [0.1, 0.15) is 31.1 Å². The first-order chi connectivity index (χ1) is 8.68. The third kappa shape index (κ3) is 3.21. The molecule has 0 fully saturated rings. The smallest absolute Gasteiger partial charge is 0.0951 e. The van der Waals surface area contributed by atoms with Gasteiger partial charge in [-0.2, -0.15) is 0 Å². The second kappa shape index (κ2) is 6.16. The molecule has 1 heterocycles. The normalized spacial score (nSPS) is 11.1. The Hall–Kier alpha value is -1.13. The van der Waals surface area contributed by atoms with Crippen molar-refractivity contribution in [2.45, 2.75) is 33.0 Å². The van der Waals surface area contributed by atoms with Crippen LogP contribution in [0, 0.1) is 0 Å². The van der Waals surface area contributed by atoms with Gasteiger partial charge in [0.2, 0.25) is 0 Å². The number of nitrogens with zero attached hydrogens (tertiary/aromatic N) is 2. The monoisotopic (exact) mass is 307 g/mol. The molecule has 0 bridgehead atoms. The molecule has 2 rings (SSSR count). The van der Waals surface area contributed by atoms with Crippen molar-refractivity contribution in [1.82, 2.24) is 14.9 Å². The number of rotatable bonds is 5.